The summed E-state index contributed by atoms with van der Waals surface area (Å²) in [5, 5.41) is 18.5. The Bertz CT molecular complexity index is 1200. The molecule has 28 heavy (non-hydrogen) atoms. The third-order valence-electron chi connectivity index (χ3n) is 4.32. The van der Waals surface area contributed by atoms with Gasteiger partial charge in [-0.2, -0.15) is 5.10 Å². The van der Waals surface area contributed by atoms with Crippen LogP contribution in [0.15, 0.2) is 66.1 Å². The van der Waals surface area contributed by atoms with Crippen molar-refractivity contribution in [2.24, 2.45) is 0 Å². The minimum absolute atomic E-state index is 0.0611. The Morgan fingerprint density at radius 2 is 1.96 bits per heavy atom. The van der Waals surface area contributed by atoms with Crippen LogP contribution < -0.4 is 10.9 Å². The van der Waals surface area contributed by atoms with E-state index in [4.69, 9.17) is 0 Å². The SMILES string of the molecule is CC(Nc1nc2ccccn2c(=O)c1[N+](=O)[O-])c1ccc(-n2cncn2)cc1. The van der Waals surface area contributed by atoms with Gasteiger partial charge in [0, 0.05) is 6.20 Å². The molecular formula is C18H15N7O3. The van der Waals surface area contributed by atoms with Gasteiger partial charge in [-0.25, -0.2) is 14.6 Å². The van der Waals surface area contributed by atoms with E-state index in [1.54, 1.807) is 29.2 Å². The molecule has 0 aliphatic carbocycles. The molecule has 0 saturated carbocycles. The number of hydrogen-bond donors (Lipinski definition) is 1. The summed E-state index contributed by atoms with van der Waals surface area (Å²) in [6.07, 6.45) is 4.49. The highest BCUT2D eigenvalue weighted by Crippen LogP contribution is 2.24. The maximum atomic E-state index is 12.5. The Hall–Kier alpha value is -4.08. The summed E-state index contributed by atoms with van der Waals surface area (Å²) in [5.41, 5.74) is 0.714. The fraction of sp³-hybridized carbons (Fsp3) is 0.111. The second-order valence-electron chi connectivity index (χ2n) is 6.10. The van der Waals surface area contributed by atoms with Gasteiger partial charge in [-0.15, -0.1) is 0 Å². The largest absolute Gasteiger partial charge is 0.376 e. The minimum Gasteiger partial charge on any atom is -0.358 e. The third kappa shape index (κ3) is 3.07. The summed E-state index contributed by atoms with van der Waals surface area (Å²) in [6, 6.07) is 12.1. The van der Waals surface area contributed by atoms with Gasteiger partial charge in [0.2, 0.25) is 5.82 Å². The van der Waals surface area contributed by atoms with Crippen LogP contribution in [-0.2, 0) is 0 Å². The molecule has 0 aliphatic rings. The molecule has 4 rings (SSSR count). The monoisotopic (exact) mass is 377 g/mol. The lowest BCUT2D eigenvalue weighted by Crippen LogP contribution is -2.22. The van der Waals surface area contributed by atoms with Crippen molar-refractivity contribution in [2.45, 2.75) is 13.0 Å². The molecule has 0 fully saturated rings. The van der Waals surface area contributed by atoms with Gasteiger partial charge < -0.3 is 5.32 Å². The van der Waals surface area contributed by atoms with Crippen molar-refractivity contribution >= 4 is 17.2 Å². The zero-order chi connectivity index (χ0) is 19.7. The van der Waals surface area contributed by atoms with Crippen molar-refractivity contribution < 1.29 is 4.92 Å². The Morgan fingerprint density at radius 3 is 2.64 bits per heavy atom. The Kier molecular flexibility index (Phi) is 4.28. The van der Waals surface area contributed by atoms with E-state index in [2.05, 4.69) is 20.4 Å². The molecule has 0 bridgehead atoms. The van der Waals surface area contributed by atoms with Gasteiger partial charge in [0.15, 0.2) is 0 Å². The molecule has 4 aromatic rings. The summed E-state index contributed by atoms with van der Waals surface area (Å²) in [4.78, 5) is 31.5. The first-order valence-corrected chi connectivity index (χ1v) is 8.42. The molecule has 10 heteroatoms. The lowest BCUT2D eigenvalue weighted by atomic mass is 10.1. The first kappa shape index (κ1) is 17.3. The van der Waals surface area contributed by atoms with E-state index in [1.165, 1.54) is 12.5 Å². The van der Waals surface area contributed by atoms with Crippen LogP contribution in [-0.4, -0.2) is 29.1 Å². The molecule has 10 nitrogen and oxygen atoms in total. The summed E-state index contributed by atoms with van der Waals surface area (Å²) in [6.45, 7) is 1.84. The number of aromatic nitrogens is 5. The van der Waals surface area contributed by atoms with Gasteiger partial charge in [-0.05, 0) is 36.8 Å². The zero-order valence-corrected chi connectivity index (χ0v) is 14.8. The van der Waals surface area contributed by atoms with Crippen LogP contribution in [0.1, 0.15) is 18.5 Å². The third-order valence-corrected chi connectivity index (χ3v) is 4.32. The van der Waals surface area contributed by atoms with E-state index >= 15 is 0 Å². The molecule has 140 valence electrons. The number of nitrogens with zero attached hydrogens (tertiary/aromatic N) is 6. The van der Waals surface area contributed by atoms with Gasteiger partial charge in [-0.1, -0.05) is 18.2 Å². The summed E-state index contributed by atoms with van der Waals surface area (Å²) < 4.78 is 2.78. The van der Waals surface area contributed by atoms with Crippen molar-refractivity contribution in [1.29, 1.82) is 0 Å². The maximum Gasteiger partial charge on any atom is 0.376 e. The fourth-order valence-corrected chi connectivity index (χ4v) is 2.89. The lowest BCUT2D eigenvalue weighted by molar-refractivity contribution is -0.385. The molecule has 1 aromatic carbocycles. The molecule has 0 aliphatic heterocycles. The topological polar surface area (TPSA) is 120 Å². The van der Waals surface area contributed by atoms with Crippen LogP contribution in [0.5, 0.6) is 0 Å². The normalized spacial score (nSPS) is 12.0. The Balaban J connectivity index is 1.68. The second kappa shape index (κ2) is 6.91. The quantitative estimate of drug-likeness (QED) is 0.419. The first-order chi connectivity index (χ1) is 13.5. The molecule has 0 amide bonds. The van der Waals surface area contributed by atoms with Crippen molar-refractivity contribution in [3.05, 3.63) is 87.3 Å². The summed E-state index contributed by atoms with van der Waals surface area (Å²) in [7, 11) is 0. The van der Waals surface area contributed by atoms with Gasteiger partial charge in [0.05, 0.1) is 16.7 Å². The minimum atomic E-state index is -0.730. The fourth-order valence-electron chi connectivity index (χ4n) is 2.89. The summed E-state index contributed by atoms with van der Waals surface area (Å²) >= 11 is 0. The van der Waals surface area contributed by atoms with Gasteiger partial charge in [-0.3, -0.25) is 19.3 Å². The van der Waals surface area contributed by atoms with Crippen LogP contribution in [0.4, 0.5) is 11.5 Å². The van der Waals surface area contributed by atoms with Crippen molar-refractivity contribution in [1.82, 2.24) is 24.1 Å². The smallest absolute Gasteiger partial charge is 0.358 e. The van der Waals surface area contributed by atoms with Crippen LogP contribution in [0.25, 0.3) is 11.3 Å². The molecule has 3 aromatic heterocycles. The van der Waals surface area contributed by atoms with E-state index in [0.717, 1.165) is 15.7 Å². The number of nitrogens with one attached hydrogen (secondary N) is 1. The summed E-state index contributed by atoms with van der Waals surface area (Å²) in [5.74, 6) is -0.0611. The number of nitro groups is 1. The predicted molar refractivity (Wildman–Crippen MR) is 102 cm³/mol. The van der Waals surface area contributed by atoms with E-state index in [0.29, 0.717) is 5.65 Å². The molecule has 0 spiro atoms. The Morgan fingerprint density at radius 1 is 1.18 bits per heavy atom. The number of benzene rings is 1. The van der Waals surface area contributed by atoms with Crippen LogP contribution in [0.2, 0.25) is 0 Å². The molecule has 1 N–H and O–H groups in total. The molecule has 3 heterocycles. The average molecular weight is 377 g/mol. The zero-order valence-electron chi connectivity index (χ0n) is 14.8. The van der Waals surface area contributed by atoms with E-state index in [1.807, 2.05) is 31.2 Å². The lowest BCUT2D eigenvalue weighted by Gasteiger charge is -2.16. The molecular weight excluding hydrogens is 362 g/mol. The highest BCUT2D eigenvalue weighted by atomic mass is 16.6. The van der Waals surface area contributed by atoms with E-state index in [-0.39, 0.29) is 11.9 Å². The molecule has 1 unspecified atom stereocenters. The predicted octanol–water partition coefficient (Wildman–Crippen LogP) is 2.36. The first-order valence-electron chi connectivity index (χ1n) is 8.42. The van der Waals surface area contributed by atoms with Crippen molar-refractivity contribution in [3.8, 4) is 5.69 Å². The average Bonchev–Trinajstić information content (AvgIpc) is 3.23. The highest BCUT2D eigenvalue weighted by molar-refractivity contribution is 5.60. The molecule has 0 radical (unpaired) electrons. The van der Waals surface area contributed by atoms with Crippen molar-refractivity contribution in [3.63, 3.8) is 0 Å². The number of hydrogen-bond acceptors (Lipinski definition) is 7. The number of pyridine rings is 1. The van der Waals surface area contributed by atoms with Gasteiger partial charge >= 0.3 is 11.2 Å². The Labute approximate surface area is 158 Å². The van der Waals surface area contributed by atoms with Crippen molar-refractivity contribution in [2.75, 3.05) is 5.32 Å². The second-order valence-corrected chi connectivity index (χ2v) is 6.10. The van der Waals surface area contributed by atoms with Crippen LogP contribution in [0, 0.1) is 10.1 Å². The molecule has 1 atom stereocenters. The number of anilines is 1. The van der Waals surface area contributed by atoms with E-state index < -0.39 is 16.2 Å². The van der Waals surface area contributed by atoms with Crippen LogP contribution >= 0.6 is 0 Å². The standard InChI is InChI=1S/C18H15N7O3/c1-12(13-5-7-14(8-6-13)24-11-19-10-20-24)21-17-16(25(27)28)18(26)23-9-3-2-4-15(23)22-17/h2-12,21H,1H3. The maximum absolute atomic E-state index is 12.5. The van der Waals surface area contributed by atoms with Crippen LogP contribution in [0.3, 0.4) is 0 Å². The van der Waals surface area contributed by atoms with E-state index in [9.17, 15) is 14.9 Å². The number of rotatable bonds is 5. The van der Waals surface area contributed by atoms with Gasteiger partial charge in [0.25, 0.3) is 0 Å². The van der Waals surface area contributed by atoms with Gasteiger partial charge in [0.1, 0.15) is 18.3 Å². The molecule has 0 saturated heterocycles. The highest BCUT2D eigenvalue weighted by Gasteiger charge is 2.24. The number of fused-ring (bicyclic) bond motifs is 1.